The molecule has 3 unspecified atom stereocenters. The number of hydrogen-bond donors (Lipinski definition) is 3. The molecule has 1 saturated heterocycles. The average Bonchev–Trinajstić information content (AvgIpc) is 2.88. The van der Waals surface area contributed by atoms with E-state index < -0.39 is 11.9 Å². The third kappa shape index (κ3) is 4.75. The lowest BCUT2D eigenvalue weighted by atomic mass is 9.90. The van der Waals surface area contributed by atoms with Gasteiger partial charge in [-0.25, -0.2) is 0 Å². The lowest BCUT2D eigenvalue weighted by Gasteiger charge is -2.16. The Balaban J connectivity index is 2.10. The van der Waals surface area contributed by atoms with Gasteiger partial charge in [0.05, 0.1) is 6.04 Å². The fraction of sp³-hybridized carbons (Fsp3) is 0.429. The largest absolute Gasteiger partial charge is 0.511 e. The molecule has 0 bridgehead atoms. The van der Waals surface area contributed by atoms with Crippen molar-refractivity contribution in [1.29, 1.82) is 0 Å². The van der Waals surface area contributed by atoms with Gasteiger partial charge in [-0.3, -0.25) is 9.59 Å². The van der Waals surface area contributed by atoms with Gasteiger partial charge in [0.2, 0.25) is 0 Å². The van der Waals surface area contributed by atoms with Crippen LogP contribution in [0.3, 0.4) is 0 Å². The Hall–Kier alpha value is -2.56. The fourth-order valence-electron chi connectivity index (χ4n) is 3.26. The van der Waals surface area contributed by atoms with Gasteiger partial charge in [-0.1, -0.05) is 38.1 Å². The maximum absolute atomic E-state index is 12.6. The summed E-state index contributed by atoms with van der Waals surface area (Å²) in [5.41, 5.74) is 0.717. The van der Waals surface area contributed by atoms with E-state index in [2.05, 4.69) is 18.3 Å². The molecule has 3 atom stereocenters. The van der Waals surface area contributed by atoms with E-state index in [0.29, 0.717) is 18.8 Å². The van der Waals surface area contributed by atoms with Gasteiger partial charge in [0.1, 0.15) is 17.1 Å². The fourth-order valence-corrected chi connectivity index (χ4v) is 3.26. The number of carbonyl (C=O) groups excluding carboxylic acids is 2. The number of nitrogens with one attached hydrogen (secondary N) is 1. The summed E-state index contributed by atoms with van der Waals surface area (Å²) in [5, 5.41) is 22.5. The van der Waals surface area contributed by atoms with E-state index in [1.807, 2.05) is 19.9 Å². The van der Waals surface area contributed by atoms with Gasteiger partial charge in [-0.2, -0.15) is 0 Å². The second-order valence-electron chi connectivity index (χ2n) is 7.07. The SMILES string of the molecule is C/C=C/CC(C)CC(C)/C(O)=C1/C(=O)NC(Cc2ccc(O)cc2)C1=O. The minimum Gasteiger partial charge on any atom is -0.511 e. The first-order chi connectivity index (χ1) is 12.3. The average molecular weight is 357 g/mol. The van der Waals surface area contributed by atoms with Crippen LogP contribution in [0.1, 0.15) is 39.2 Å². The minimum absolute atomic E-state index is 0.112. The minimum atomic E-state index is -0.683. The second-order valence-corrected chi connectivity index (χ2v) is 7.07. The van der Waals surface area contributed by atoms with Crippen LogP contribution in [-0.4, -0.2) is 27.9 Å². The molecule has 1 aromatic carbocycles. The number of ketones is 1. The Morgan fingerprint density at radius 2 is 1.88 bits per heavy atom. The number of Topliss-reactive ketones (excluding diaryl/α,β-unsaturated/α-hetero) is 1. The molecule has 1 amide bonds. The van der Waals surface area contributed by atoms with Crippen LogP contribution < -0.4 is 5.32 Å². The first-order valence-electron chi connectivity index (χ1n) is 9.00. The highest BCUT2D eigenvalue weighted by Gasteiger charge is 2.39. The number of phenols is 1. The summed E-state index contributed by atoms with van der Waals surface area (Å²) >= 11 is 0. The van der Waals surface area contributed by atoms with Gasteiger partial charge < -0.3 is 15.5 Å². The van der Waals surface area contributed by atoms with Crippen molar-refractivity contribution in [1.82, 2.24) is 5.32 Å². The van der Waals surface area contributed by atoms with Crippen LogP contribution in [0.5, 0.6) is 5.75 Å². The van der Waals surface area contributed by atoms with Crippen molar-refractivity contribution in [2.24, 2.45) is 11.8 Å². The highest BCUT2D eigenvalue weighted by Crippen LogP contribution is 2.26. The molecule has 1 aliphatic rings. The highest BCUT2D eigenvalue weighted by atomic mass is 16.3. The molecular formula is C21H27NO4. The van der Waals surface area contributed by atoms with Crippen LogP contribution in [0.25, 0.3) is 0 Å². The molecule has 0 aromatic heterocycles. The molecule has 2 rings (SSSR count). The number of aliphatic hydroxyl groups excluding tert-OH is 1. The second kappa shape index (κ2) is 8.70. The number of hydrogen-bond acceptors (Lipinski definition) is 4. The van der Waals surface area contributed by atoms with E-state index in [0.717, 1.165) is 12.0 Å². The zero-order valence-corrected chi connectivity index (χ0v) is 15.5. The summed E-state index contributed by atoms with van der Waals surface area (Å²) in [6.45, 7) is 5.88. The number of benzene rings is 1. The van der Waals surface area contributed by atoms with Gasteiger partial charge in [0.25, 0.3) is 5.91 Å². The summed E-state index contributed by atoms with van der Waals surface area (Å²) in [6, 6.07) is 5.82. The monoisotopic (exact) mass is 357 g/mol. The molecule has 0 spiro atoms. The smallest absolute Gasteiger partial charge is 0.259 e. The first kappa shape index (κ1) is 19.8. The molecule has 1 heterocycles. The molecule has 0 aliphatic carbocycles. The Bertz CT molecular complexity index is 718. The molecule has 1 aromatic rings. The first-order valence-corrected chi connectivity index (χ1v) is 9.00. The molecule has 3 N–H and O–H groups in total. The number of amides is 1. The van der Waals surface area contributed by atoms with Gasteiger partial charge in [-0.15, -0.1) is 0 Å². The van der Waals surface area contributed by atoms with E-state index in [1.54, 1.807) is 24.3 Å². The Kier molecular flexibility index (Phi) is 6.61. The highest BCUT2D eigenvalue weighted by molar-refractivity contribution is 6.26. The predicted molar refractivity (Wildman–Crippen MR) is 101 cm³/mol. The summed E-state index contributed by atoms with van der Waals surface area (Å²) in [4.78, 5) is 24.9. The van der Waals surface area contributed by atoms with Crippen molar-refractivity contribution in [3.05, 3.63) is 53.3 Å². The maximum Gasteiger partial charge on any atom is 0.259 e. The number of phenolic OH excluding ortho intramolecular Hbond substituents is 1. The molecule has 0 saturated carbocycles. The van der Waals surface area contributed by atoms with Crippen molar-refractivity contribution in [3.8, 4) is 5.75 Å². The van der Waals surface area contributed by atoms with Gasteiger partial charge in [-0.05, 0) is 43.4 Å². The molecule has 1 fully saturated rings. The number of aliphatic hydroxyl groups is 1. The van der Waals surface area contributed by atoms with Gasteiger partial charge in [0, 0.05) is 12.3 Å². The van der Waals surface area contributed by atoms with Gasteiger partial charge >= 0.3 is 0 Å². The van der Waals surface area contributed by atoms with E-state index in [-0.39, 0.29) is 28.8 Å². The molecular weight excluding hydrogens is 330 g/mol. The van der Waals surface area contributed by atoms with E-state index in [4.69, 9.17) is 0 Å². The number of carbonyl (C=O) groups is 2. The molecule has 26 heavy (non-hydrogen) atoms. The third-order valence-corrected chi connectivity index (χ3v) is 4.72. The zero-order valence-electron chi connectivity index (χ0n) is 15.5. The van der Waals surface area contributed by atoms with Crippen molar-refractivity contribution in [3.63, 3.8) is 0 Å². The van der Waals surface area contributed by atoms with Crippen LogP contribution in [0.4, 0.5) is 0 Å². The zero-order chi connectivity index (χ0) is 19.3. The van der Waals surface area contributed by atoms with Crippen LogP contribution in [-0.2, 0) is 16.0 Å². The van der Waals surface area contributed by atoms with E-state index in [9.17, 15) is 19.8 Å². The van der Waals surface area contributed by atoms with Crippen molar-refractivity contribution in [2.45, 2.75) is 46.1 Å². The topological polar surface area (TPSA) is 86.6 Å². The Labute approximate surface area is 154 Å². The number of aromatic hydroxyl groups is 1. The number of rotatable bonds is 7. The van der Waals surface area contributed by atoms with Crippen molar-refractivity contribution < 1.29 is 19.8 Å². The van der Waals surface area contributed by atoms with Gasteiger partial charge in [0.15, 0.2) is 5.78 Å². The van der Waals surface area contributed by atoms with Crippen LogP contribution in [0, 0.1) is 11.8 Å². The normalized spacial score (nSPS) is 21.7. The Morgan fingerprint density at radius 1 is 1.23 bits per heavy atom. The van der Waals surface area contributed by atoms with E-state index in [1.165, 1.54) is 0 Å². The summed E-state index contributed by atoms with van der Waals surface area (Å²) in [7, 11) is 0. The quantitative estimate of drug-likeness (QED) is 0.302. The van der Waals surface area contributed by atoms with Crippen molar-refractivity contribution in [2.75, 3.05) is 0 Å². The lowest BCUT2D eigenvalue weighted by Crippen LogP contribution is -2.31. The standard InChI is InChI=1S/C21H27NO4/c1-4-5-6-13(2)11-14(3)19(24)18-20(25)17(22-21(18)26)12-15-7-9-16(23)10-8-15/h4-5,7-10,13-14,17,23-24H,6,11-12H2,1-3H3,(H,22,26)/b5-4+,19-18-. The summed E-state index contributed by atoms with van der Waals surface area (Å²) < 4.78 is 0. The van der Waals surface area contributed by atoms with E-state index >= 15 is 0 Å². The van der Waals surface area contributed by atoms with Crippen LogP contribution >= 0.6 is 0 Å². The molecule has 140 valence electrons. The molecule has 1 aliphatic heterocycles. The Morgan fingerprint density at radius 3 is 2.50 bits per heavy atom. The molecule has 5 nitrogen and oxygen atoms in total. The van der Waals surface area contributed by atoms with Crippen molar-refractivity contribution >= 4 is 11.7 Å². The summed E-state index contributed by atoms with van der Waals surface area (Å²) in [5.74, 6) is -0.760. The van der Waals surface area contributed by atoms with Crippen LogP contribution in [0.15, 0.2) is 47.7 Å². The number of allylic oxidation sites excluding steroid dienone is 3. The predicted octanol–water partition coefficient (Wildman–Crippen LogP) is 3.44. The lowest BCUT2D eigenvalue weighted by molar-refractivity contribution is -0.117. The molecule has 5 heteroatoms. The maximum atomic E-state index is 12.6. The third-order valence-electron chi connectivity index (χ3n) is 4.72. The summed E-state index contributed by atoms with van der Waals surface area (Å²) in [6.07, 6.45) is 5.98. The van der Waals surface area contributed by atoms with Crippen LogP contribution in [0.2, 0.25) is 0 Å². The molecule has 0 radical (unpaired) electrons.